The monoisotopic (exact) mass is 220 g/mol. The Labute approximate surface area is 96.9 Å². The van der Waals surface area contributed by atoms with E-state index in [9.17, 15) is 0 Å². The maximum Gasteiger partial charge on any atom is 0.206 e. The largest absolute Gasteiger partial charge is 0.355 e. The Kier molecular flexibility index (Phi) is 5.36. The van der Waals surface area contributed by atoms with Crippen molar-refractivity contribution in [3.8, 4) is 0 Å². The number of nitrogens with zero attached hydrogens (tertiary/aromatic N) is 1. The lowest BCUT2D eigenvalue weighted by Crippen LogP contribution is -2.41. The first-order chi connectivity index (χ1) is 7.77. The van der Waals surface area contributed by atoms with Gasteiger partial charge in [-0.15, -0.1) is 0 Å². The van der Waals surface area contributed by atoms with E-state index in [1.54, 1.807) is 0 Å². The predicted octanol–water partition coefficient (Wildman–Crippen LogP) is 1.31. The highest BCUT2D eigenvalue weighted by atomic mass is 15.3. The molecule has 0 saturated carbocycles. The molecule has 0 bridgehead atoms. The van der Waals surface area contributed by atoms with Crippen molar-refractivity contribution in [2.75, 3.05) is 6.54 Å². The molecule has 4 heteroatoms. The van der Waals surface area contributed by atoms with Crippen LogP contribution in [0.15, 0.2) is 29.3 Å². The number of nitrogens with two attached hydrogens (primary N) is 1. The van der Waals surface area contributed by atoms with Gasteiger partial charge in [-0.1, -0.05) is 31.2 Å². The minimum Gasteiger partial charge on any atom is -0.355 e. The van der Waals surface area contributed by atoms with Gasteiger partial charge in [0.25, 0.3) is 0 Å². The molecule has 1 rings (SSSR count). The lowest BCUT2D eigenvalue weighted by atomic mass is 10.1. The maximum absolute atomic E-state index is 5.37. The predicted molar refractivity (Wildman–Crippen MR) is 67.9 cm³/mol. The van der Waals surface area contributed by atoms with Gasteiger partial charge in [0.05, 0.1) is 6.54 Å². The molecule has 0 atom stereocenters. The molecular formula is C12H20N4. The molecule has 4 nitrogen and oxygen atoms in total. The number of hydrazine groups is 1. The van der Waals surface area contributed by atoms with E-state index in [1.807, 2.05) is 12.1 Å². The summed E-state index contributed by atoms with van der Waals surface area (Å²) >= 11 is 0. The molecule has 16 heavy (non-hydrogen) atoms. The first-order valence-electron chi connectivity index (χ1n) is 5.57. The third-order valence-electron chi connectivity index (χ3n) is 2.35. The summed E-state index contributed by atoms with van der Waals surface area (Å²) in [6.07, 6.45) is 1.05. The molecule has 0 radical (unpaired) electrons. The summed E-state index contributed by atoms with van der Waals surface area (Å²) < 4.78 is 0. The molecule has 0 heterocycles. The fraction of sp³-hybridized carbons (Fsp3) is 0.417. The van der Waals surface area contributed by atoms with Crippen LogP contribution in [0.2, 0.25) is 0 Å². The van der Waals surface area contributed by atoms with Crippen LogP contribution in [-0.4, -0.2) is 12.5 Å². The van der Waals surface area contributed by atoms with E-state index in [4.69, 9.17) is 5.84 Å². The molecule has 0 fully saturated rings. The maximum atomic E-state index is 5.37. The molecule has 0 saturated heterocycles. The first kappa shape index (κ1) is 12.5. The van der Waals surface area contributed by atoms with Crippen molar-refractivity contribution in [2.45, 2.75) is 26.8 Å². The summed E-state index contributed by atoms with van der Waals surface area (Å²) in [5, 5.41) is 3.12. The van der Waals surface area contributed by atoms with Gasteiger partial charge in [0.2, 0.25) is 5.96 Å². The molecule has 1 aromatic carbocycles. The highest BCUT2D eigenvalue weighted by Gasteiger charge is 1.97. The zero-order valence-electron chi connectivity index (χ0n) is 9.96. The molecule has 1 aromatic rings. The standard InChI is InChI=1S/C12H20N4/c1-3-8-14-12(16-13)15-9-11-7-5-4-6-10(11)2/h4-7H,3,8-9,13H2,1-2H3,(H2,14,15,16). The van der Waals surface area contributed by atoms with Crippen LogP contribution in [-0.2, 0) is 6.54 Å². The second-order valence-corrected chi connectivity index (χ2v) is 3.66. The number of rotatable bonds is 4. The van der Waals surface area contributed by atoms with Crippen molar-refractivity contribution in [3.63, 3.8) is 0 Å². The second-order valence-electron chi connectivity index (χ2n) is 3.66. The average molecular weight is 220 g/mol. The quantitative estimate of drug-likeness (QED) is 0.310. The van der Waals surface area contributed by atoms with E-state index in [1.165, 1.54) is 11.1 Å². The zero-order chi connectivity index (χ0) is 11.8. The van der Waals surface area contributed by atoms with Crippen molar-refractivity contribution in [2.24, 2.45) is 10.8 Å². The van der Waals surface area contributed by atoms with Crippen molar-refractivity contribution in [1.82, 2.24) is 10.7 Å². The molecule has 0 amide bonds. The van der Waals surface area contributed by atoms with Crippen LogP contribution in [0, 0.1) is 6.92 Å². The normalized spacial score (nSPS) is 11.3. The van der Waals surface area contributed by atoms with Crippen LogP contribution in [0.25, 0.3) is 0 Å². The summed E-state index contributed by atoms with van der Waals surface area (Å²) in [6.45, 7) is 5.70. The van der Waals surface area contributed by atoms with Gasteiger partial charge in [0.15, 0.2) is 0 Å². The molecule has 0 spiro atoms. The Bertz CT molecular complexity index is 347. The minimum absolute atomic E-state index is 0.642. The minimum atomic E-state index is 0.642. The molecule has 0 aliphatic rings. The van der Waals surface area contributed by atoms with Gasteiger partial charge >= 0.3 is 0 Å². The molecule has 0 aliphatic heterocycles. The molecule has 88 valence electrons. The van der Waals surface area contributed by atoms with Crippen LogP contribution < -0.4 is 16.6 Å². The van der Waals surface area contributed by atoms with E-state index in [0.29, 0.717) is 12.5 Å². The number of benzene rings is 1. The SMILES string of the molecule is CCCNC(=NCc1ccccc1C)NN. The Morgan fingerprint density at radius 2 is 2.12 bits per heavy atom. The molecule has 4 N–H and O–H groups in total. The second kappa shape index (κ2) is 6.85. The topological polar surface area (TPSA) is 62.4 Å². The van der Waals surface area contributed by atoms with Gasteiger partial charge in [-0.3, -0.25) is 5.43 Å². The summed E-state index contributed by atoms with van der Waals surface area (Å²) in [7, 11) is 0. The van der Waals surface area contributed by atoms with Gasteiger partial charge in [-0.05, 0) is 24.5 Å². The first-order valence-corrected chi connectivity index (χ1v) is 5.57. The van der Waals surface area contributed by atoms with Crippen molar-refractivity contribution < 1.29 is 0 Å². The van der Waals surface area contributed by atoms with Crippen LogP contribution in [0.1, 0.15) is 24.5 Å². The number of guanidine groups is 1. The fourth-order valence-electron chi connectivity index (χ4n) is 1.35. The van der Waals surface area contributed by atoms with Gasteiger partial charge in [-0.2, -0.15) is 0 Å². The van der Waals surface area contributed by atoms with E-state index in [-0.39, 0.29) is 0 Å². The summed E-state index contributed by atoms with van der Waals surface area (Å²) in [6, 6.07) is 8.21. The van der Waals surface area contributed by atoms with E-state index in [2.05, 4.69) is 41.7 Å². The van der Waals surface area contributed by atoms with Crippen LogP contribution in [0.4, 0.5) is 0 Å². The van der Waals surface area contributed by atoms with Crippen LogP contribution >= 0.6 is 0 Å². The highest BCUT2D eigenvalue weighted by molar-refractivity contribution is 5.79. The smallest absolute Gasteiger partial charge is 0.206 e. The lowest BCUT2D eigenvalue weighted by molar-refractivity contribution is 0.790. The summed E-state index contributed by atoms with van der Waals surface area (Å²) in [4.78, 5) is 4.38. The van der Waals surface area contributed by atoms with Crippen molar-refractivity contribution >= 4 is 5.96 Å². The van der Waals surface area contributed by atoms with Gasteiger partial charge < -0.3 is 5.32 Å². The Hall–Kier alpha value is -1.55. The molecule has 0 unspecified atom stereocenters. The third-order valence-corrected chi connectivity index (χ3v) is 2.35. The third kappa shape index (κ3) is 3.90. The van der Waals surface area contributed by atoms with Gasteiger partial charge in [0, 0.05) is 6.54 Å². The average Bonchev–Trinajstić information content (AvgIpc) is 2.31. The summed E-state index contributed by atoms with van der Waals surface area (Å²) in [5.41, 5.74) is 5.03. The summed E-state index contributed by atoms with van der Waals surface area (Å²) in [5.74, 6) is 6.02. The number of aliphatic imine (C=N–C) groups is 1. The van der Waals surface area contributed by atoms with Crippen LogP contribution in [0.3, 0.4) is 0 Å². The van der Waals surface area contributed by atoms with Crippen molar-refractivity contribution in [1.29, 1.82) is 0 Å². The number of aryl methyl sites for hydroxylation is 1. The van der Waals surface area contributed by atoms with Crippen molar-refractivity contribution in [3.05, 3.63) is 35.4 Å². The Morgan fingerprint density at radius 1 is 1.38 bits per heavy atom. The number of nitrogens with one attached hydrogen (secondary N) is 2. The zero-order valence-corrected chi connectivity index (χ0v) is 9.96. The van der Waals surface area contributed by atoms with E-state index >= 15 is 0 Å². The van der Waals surface area contributed by atoms with Gasteiger partial charge in [0.1, 0.15) is 0 Å². The lowest BCUT2D eigenvalue weighted by Gasteiger charge is -2.08. The molecule has 0 aromatic heterocycles. The number of hydrogen-bond acceptors (Lipinski definition) is 2. The number of hydrogen-bond donors (Lipinski definition) is 3. The van der Waals surface area contributed by atoms with E-state index < -0.39 is 0 Å². The molecule has 0 aliphatic carbocycles. The van der Waals surface area contributed by atoms with Crippen LogP contribution in [0.5, 0.6) is 0 Å². The van der Waals surface area contributed by atoms with Gasteiger partial charge in [-0.25, -0.2) is 10.8 Å². The Balaban J connectivity index is 2.59. The molecular weight excluding hydrogens is 200 g/mol. The Morgan fingerprint density at radius 3 is 2.75 bits per heavy atom. The fourth-order valence-corrected chi connectivity index (χ4v) is 1.35. The highest BCUT2D eigenvalue weighted by Crippen LogP contribution is 2.07. The van der Waals surface area contributed by atoms with E-state index in [0.717, 1.165) is 13.0 Å².